The highest BCUT2D eigenvalue weighted by atomic mass is 16.5. The van der Waals surface area contributed by atoms with Gasteiger partial charge in [-0.2, -0.15) is 0 Å². The summed E-state index contributed by atoms with van der Waals surface area (Å²) >= 11 is 0. The van der Waals surface area contributed by atoms with Gasteiger partial charge in [0.2, 0.25) is 5.91 Å². The van der Waals surface area contributed by atoms with Gasteiger partial charge in [-0.05, 0) is 29.7 Å². The summed E-state index contributed by atoms with van der Waals surface area (Å²) in [7, 11) is 0. The summed E-state index contributed by atoms with van der Waals surface area (Å²) < 4.78 is 5.04. The standard InChI is InChI=1S/C25H31N5O4/c31-23(14-28-8-7-18-3-1-2-4-19(18)12-28)15-30-10-9-29(25(30)33)13-22-6-5-21(11-26-22)27-24(32)20-16-34-17-20/h1-6,11,20,23,31H,7-10,12-17H2,(H,27,32). The van der Waals surface area contributed by atoms with Crippen molar-refractivity contribution in [3.05, 3.63) is 59.4 Å². The molecule has 4 heterocycles. The number of carbonyl (C=O) groups is 2. The number of benzene rings is 1. The molecule has 9 nitrogen and oxygen atoms in total. The van der Waals surface area contributed by atoms with Crippen LogP contribution in [0, 0.1) is 5.92 Å². The monoisotopic (exact) mass is 465 g/mol. The van der Waals surface area contributed by atoms with E-state index in [9.17, 15) is 14.7 Å². The molecule has 0 saturated carbocycles. The van der Waals surface area contributed by atoms with E-state index in [-0.39, 0.29) is 17.9 Å². The largest absolute Gasteiger partial charge is 0.390 e. The van der Waals surface area contributed by atoms with E-state index in [2.05, 4.69) is 39.5 Å². The fraction of sp³-hybridized carbons (Fsp3) is 0.480. The lowest BCUT2D eigenvalue weighted by molar-refractivity contribution is -0.133. The van der Waals surface area contributed by atoms with Crippen molar-refractivity contribution in [1.29, 1.82) is 0 Å². The average molecular weight is 466 g/mol. The number of β-amino-alcohol motifs (C(OH)–C–C–N with tert-alkyl or cyclic N) is 1. The second-order valence-electron chi connectivity index (χ2n) is 9.32. The Morgan fingerprint density at radius 3 is 2.62 bits per heavy atom. The van der Waals surface area contributed by atoms with Crippen LogP contribution in [0.25, 0.3) is 0 Å². The minimum Gasteiger partial charge on any atom is -0.390 e. The van der Waals surface area contributed by atoms with E-state index in [1.54, 1.807) is 22.1 Å². The van der Waals surface area contributed by atoms with Crippen LogP contribution in [0.4, 0.5) is 10.5 Å². The number of aliphatic hydroxyl groups is 1. The number of pyridine rings is 1. The van der Waals surface area contributed by atoms with Gasteiger partial charge < -0.3 is 25.0 Å². The van der Waals surface area contributed by atoms with Crippen LogP contribution in [0.15, 0.2) is 42.6 Å². The van der Waals surface area contributed by atoms with Crippen molar-refractivity contribution < 1.29 is 19.4 Å². The molecule has 0 radical (unpaired) electrons. The minimum absolute atomic E-state index is 0.0570. The molecule has 3 amide bonds. The van der Waals surface area contributed by atoms with Crippen molar-refractivity contribution in [3.8, 4) is 0 Å². The molecule has 2 fully saturated rings. The highest BCUT2D eigenvalue weighted by Gasteiger charge is 2.31. The molecule has 3 aliphatic heterocycles. The number of rotatable bonds is 8. The summed E-state index contributed by atoms with van der Waals surface area (Å²) in [6.45, 7) is 5.17. The lowest BCUT2D eigenvalue weighted by atomic mass is 10.00. The summed E-state index contributed by atoms with van der Waals surface area (Å²) in [4.78, 5) is 35.0. The van der Waals surface area contributed by atoms with Crippen LogP contribution >= 0.6 is 0 Å². The third kappa shape index (κ3) is 5.22. The number of hydrogen-bond donors (Lipinski definition) is 2. The van der Waals surface area contributed by atoms with Crippen LogP contribution in [-0.2, 0) is 29.0 Å². The number of anilines is 1. The maximum atomic E-state index is 12.9. The van der Waals surface area contributed by atoms with Gasteiger partial charge in [0, 0.05) is 39.3 Å². The van der Waals surface area contributed by atoms with Gasteiger partial charge in [-0.1, -0.05) is 24.3 Å². The van der Waals surface area contributed by atoms with Crippen LogP contribution in [0.5, 0.6) is 0 Å². The molecule has 5 rings (SSSR count). The molecule has 180 valence electrons. The third-order valence-corrected chi connectivity index (χ3v) is 6.74. The first kappa shape index (κ1) is 22.8. The molecule has 1 atom stereocenters. The topological polar surface area (TPSA) is 98.2 Å². The third-order valence-electron chi connectivity index (χ3n) is 6.74. The van der Waals surface area contributed by atoms with Gasteiger partial charge in [0.05, 0.1) is 49.4 Å². The van der Waals surface area contributed by atoms with Gasteiger partial charge in [-0.3, -0.25) is 14.7 Å². The van der Waals surface area contributed by atoms with E-state index >= 15 is 0 Å². The molecule has 2 N–H and O–H groups in total. The fourth-order valence-electron chi connectivity index (χ4n) is 4.69. The molecule has 34 heavy (non-hydrogen) atoms. The van der Waals surface area contributed by atoms with Crippen LogP contribution < -0.4 is 5.32 Å². The van der Waals surface area contributed by atoms with Crippen LogP contribution in [0.1, 0.15) is 16.8 Å². The molecule has 1 unspecified atom stereocenters. The van der Waals surface area contributed by atoms with Gasteiger partial charge in [0.25, 0.3) is 0 Å². The van der Waals surface area contributed by atoms with Gasteiger partial charge in [-0.15, -0.1) is 0 Å². The van der Waals surface area contributed by atoms with E-state index < -0.39 is 6.10 Å². The summed E-state index contributed by atoms with van der Waals surface area (Å²) in [5.74, 6) is -0.146. The SMILES string of the molecule is O=C(Nc1ccc(CN2CCN(CC(O)CN3CCc4ccccc4C3)C2=O)nc1)C1COC1. The molecule has 0 bridgehead atoms. The van der Waals surface area contributed by atoms with E-state index in [1.165, 1.54) is 11.1 Å². The quantitative estimate of drug-likeness (QED) is 0.610. The number of ether oxygens (including phenoxy) is 1. The number of nitrogens with zero attached hydrogens (tertiary/aromatic N) is 4. The molecule has 9 heteroatoms. The second-order valence-corrected chi connectivity index (χ2v) is 9.32. The first-order valence-corrected chi connectivity index (χ1v) is 11.9. The molecular formula is C25H31N5O4. The van der Waals surface area contributed by atoms with Crippen LogP contribution in [0.3, 0.4) is 0 Å². The van der Waals surface area contributed by atoms with Crippen LogP contribution in [0.2, 0.25) is 0 Å². The highest BCUT2D eigenvalue weighted by Crippen LogP contribution is 2.20. The number of amides is 3. The van der Waals surface area contributed by atoms with E-state index in [0.717, 1.165) is 25.2 Å². The number of aliphatic hydroxyl groups excluding tert-OH is 1. The van der Waals surface area contributed by atoms with Crippen LogP contribution in [-0.4, -0.2) is 88.8 Å². The summed E-state index contributed by atoms with van der Waals surface area (Å²) in [6, 6.07) is 12.0. The first-order chi connectivity index (χ1) is 16.5. The Hall–Kier alpha value is -3.01. The van der Waals surface area contributed by atoms with Crippen molar-refractivity contribution in [2.24, 2.45) is 5.92 Å². The predicted molar refractivity (Wildman–Crippen MR) is 126 cm³/mol. The Kier molecular flexibility index (Phi) is 6.75. The normalized spacial score (nSPS) is 19.6. The molecule has 2 aromatic rings. The maximum absolute atomic E-state index is 12.9. The highest BCUT2D eigenvalue weighted by molar-refractivity contribution is 5.93. The van der Waals surface area contributed by atoms with Crippen molar-refractivity contribution >= 4 is 17.6 Å². The van der Waals surface area contributed by atoms with E-state index in [0.29, 0.717) is 51.6 Å². The molecule has 2 saturated heterocycles. The fourth-order valence-corrected chi connectivity index (χ4v) is 4.69. The van der Waals surface area contributed by atoms with Gasteiger partial charge >= 0.3 is 6.03 Å². The van der Waals surface area contributed by atoms with Gasteiger partial charge in [0.1, 0.15) is 0 Å². The second kappa shape index (κ2) is 10.1. The van der Waals surface area contributed by atoms with Gasteiger partial charge in [-0.25, -0.2) is 4.79 Å². The zero-order valence-electron chi connectivity index (χ0n) is 19.2. The molecular weight excluding hydrogens is 434 g/mol. The van der Waals surface area contributed by atoms with Crippen molar-refractivity contribution in [2.45, 2.75) is 25.6 Å². The Labute approximate surface area is 199 Å². The number of urea groups is 1. The Morgan fingerprint density at radius 2 is 1.88 bits per heavy atom. The van der Waals surface area contributed by atoms with E-state index in [4.69, 9.17) is 4.74 Å². The predicted octanol–water partition coefficient (Wildman–Crippen LogP) is 1.32. The first-order valence-electron chi connectivity index (χ1n) is 11.9. The zero-order chi connectivity index (χ0) is 23.5. The van der Waals surface area contributed by atoms with Gasteiger partial charge in [0.15, 0.2) is 0 Å². The molecule has 3 aliphatic rings. The summed E-state index contributed by atoms with van der Waals surface area (Å²) in [5, 5.41) is 13.5. The Morgan fingerprint density at radius 1 is 1.09 bits per heavy atom. The molecule has 1 aromatic carbocycles. The minimum atomic E-state index is -0.587. The molecule has 1 aromatic heterocycles. The smallest absolute Gasteiger partial charge is 0.320 e. The lowest BCUT2D eigenvalue weighted by Gasteiger charge is -2.31. The number of carbonyl (C=O) groups excluding carboxylic acids is 2. The lowest BCUT2D eigenvalue weighted by Crippen LogP contribution is -2.43. The average Bonchev–Trinajstić information content (AvgIpc) is 3.12. The maximum Gasteiger partial charge on any atom is 0.320 e. The van der Waals surface area contributed by atoms with Crippen molar-refractivity contribution in [1.82, 2.24) is 19.7 Å². The Bertz CT molecular complexity index is 1030. The number of fused-ring (bicyclic) bond motifs is 1. The number of hydrogen-bond acceptors (Lipinski definition) is 6. The number of nitrogens with one attached hydrogen (secondary N) is 1. The Balaban J connectivity index is 1.08. The number of aromatic nitrogens is 1. The summed E-state index contributed by atoms with van der Waals surface area (Å²) in [5.41, 5.74) is 4.10. The van der Waals surface area contributed by atoms with Crippen molar-refractivity contribution in [2.75, 3.05) is 51.3 Å². The zero-order valence-corrected chi connectivity index (χ0v) is 19.2. The molecule has 0 spiro atoms. The molecule has 0 aliphatic carbocycles. The summed E-state index contributed by atoms with van der Waals surface area (Å²) in [6.07, 6.45) is 2.02. The van der Waals surface area contributed by atoms with Crippen molar-refractivity contribution in [3.63, 3.8) is 0 Å². The van der Waals surface area contributed by atoms with E-state index in [1.807, 2.05) is 6.07 Å².